The molecular weight excluding hydrogens is 178 g/mol. The molecule has 0 aliphatic heterocycles. The van der Waals surface area contributed by atoms with E-state index in [0.717, 1.165) is 6.54 Å². The van der Waals surface area contributed by atoms with Gasteiger partial charge in [-0.2, -0.15) is 0 Å². The molecule has 0 aliphatic carbocycles. The Morgan fingerprint density at radius 1 is 1.50 bits per heavy atom. The Kier molecular flexibility index (Phi) is 9.22. The second-order valence-electron chi connectivity index (χ2n) is 1.89. The molecule has 0 aliphatic rings. The topological polar surface area (TPSA) is 86.3 Å². The van der Waals surface area contributed by atoms with Crippen molar-refractivity contribution in [2.45, 2.75) is 13.8 Å². The number of hydrogen-bond acceptors (Lipinski definition) is 2. The Morgan fingerprint density at radius 2 is 2.08 bits per heavy atom. The van der Waals surface area contributed by atoms with E-state index in [9.17, 15) is 0 Å². The lowest BCUT2D eigenvalue weighted by molar-refractivity contribution is 0.911. The first-order valence-electron chi connectivity index (χ1n) is 3.60. The molecule has 0 saturated carbocycles. The molecule has 0 saturated heterocycles. The second-order valence-corrected chi connectivity index (χ2v) is 1.89. The van der Waals surface area contributed by atoms with E-state index in [4.69, 9.17) is 11.1 Å². The minimum atomic E-state index is -0.0989. The smallest absolute Gasteiger partial charge is 0.198 e. The van der Waals surface area contributed by atoms with Crippen LogP contribution in [0.4, 0.5) is 0 Å². The van der Waals surface area contributed by atoms with Crippen molar-refractivity contribution in [1.82, 2.24) is 10.6 Å². The number of hydrogen-bond donors (Lipinski definition) is 4. The van der Waals surface area contributed by atoms with Crippen LogP contribution in [0, 0.1) is 5.41 Å². The number of halogens is 1. The molecule has 6 heteroatoms. The van der Waals surface area contributed by atoms with Gasteiger partial charge >= 0.3 is 0 Å². The van der Waals surface area contributed by atoms with Crippen molar-refractivity contribution in [3.05, 3.63) is 0 Å². The molecule has 0 aromatic heterocycles. The van der Waals surface area contributed by atoms with Gasteiger partial charge in [-0.15, -0.1) is 12.4 Å². The van der Waals surface area contributed by atoms with Gasteiger partial charge in [0.2, 0.25) is 0 Å². The van der Waals surface area contributed by atoms with Crippen LogP contribution in [0.1, 0.15) is 13.8 Å². The van der Waals surface area contributed by atoms with E-state index in [1.165, 1.54) is 0 Å². The zero-order valence-corrected chi connectivity index (χ0v) is 8.16. The molecule has 0 bridgehead atoms. The Hall–Kier alpha value is -0.970. The fraction of sp³-hybridized carbons (Fsp3) is 0.667. The summed E-state index contributed by atoms with van der Waals surface area (Å²) < 4.78 is 0. The minimum absolute atomic E-state index is 0. The van der Waals surface area contributed by atoms with Gasteiger partial charge < -0.3 is 11.1 Å². The zero-order chi connectivity index (χ0) is 8.69. The van der Waals surface area contributed by atoms with Crippen LogP contribution in [0.3, 0.4) is 0 Å². The molecule has 0 heterocycles. The van der Waals surface area contributed by atoms with E-state index in [1.807, 2.05) is 13.8 Å². The van der Waals surface area contributed by atoms with Crippen molar-refractivity contribution in [3.63, 3.8) is 0 Å². The largest absolute Gasteiger partial charge is 0.370 e. The van der Waals surface area contributed by atoms with Crippen LogP contribution in [-0.2, 0) is 0 Å². The molecule has 0 radical (unpaired) electrons. The first kappa shape index (κ1) is 13.6. The second kappa shape index (κ2) is 8.13. The molecule has 0 amide bonds. The zero-order valence-electron chi connectivity index (χ0n) is 7.35. The minimum Gasteiger partial charge on any atom is -0.370 e. The first-order chi connectivity index (χ1) is 5.20. The third-order valence-electron chi connectivity index (χ3n) is 0.914. The highest BCUT2D eigenvalue weighted by atomic mass is 35.5. The molecule has 72 valence electrons. The number of aliphatic imine (C=N–C) groups is 1. The summed E-state index contributed by atoms with van der Waals surface area (Å²) in [6.45, 7) is 5.30. The normalized spacial score (nSPS) is 10.0. The Labute approximate surface area is 78.7 Å². The van der Waals surface area contributed by atoms with Crippen LogP contribution < -0.4 is 16.4 Å². The highest BCUT2D eigenvalue weighted by molar-refractivity contribution is 5.96. The average Bonchev–Trinajstić information content (AvgIpc) is 1.87. The summed E-state index contributed by atoms with van der Waals surface area (Å²) in [4.78, 5) is 4.03. The predicted molar refractivity (Wildman–Crippen MR) is 54.0 cm³/mol. The van der Waals surface area contributed by atoms with Gasteiger partial charge in [0.1, 0.15) is 0 Å². The highest BCUT2D eigenvalue weighted by Crippen LogP contribution is 1.69. The lowest BCUT2D eigenvalue weighted by Gasteiger charge is -2.07. The summed E-state index contributed by atoms with van der Waals surface area (Å²) in [5.41, 5.74) is 5.11. The summed E-state index contributed by atoms with van der Waals surface area (Å²) in [7, 11) is 0. The molecule has 5 N–H and O–H groups in total. The van der Waals surface area contributed by atoms with Gasteiger partial charge in [0.25, 0.3) is 0 Å². The van der Waals surface area contributed by atoms with Crippen LogP contribution in [0.5, 0.6) is 0 Å². The Balaban J connectivity index is 0. The summed E-state index contributed by atoms with van der Waals surface area (Å²) in [6, 6.07) is 0. The number of nitrogens with zero attached hydrogens (tertiary/aromatic N) is 1. The van der Waals surface area contributed by atoms with E-state index in [0.29, 0.717) is 12.5 Å². The number of guanidine groups is 2. The Morgan fingerprint density at radius 3 is 2.42 bits per heavy atom. The van der Waals surface area contributed by atoms with E-state index in [-0.39, 0.29) is 18.4 Å². The molecule has 0 unspecified atom stereocenters. The molecule has 0 rings (SSSR count). The Bertz CT molecular complexity index is 156. The fourth-order valence-electron chi connectivity index (χ4n) is 0.593. The third-order valence-corrected chi connectivity index (χ3v) is 0.914. The van der Waals surface area contributed by atoms with Gasteiger partial charge in [0.05, 0.1) is 0 Å². The molecule has 0 aromatic carbocycles. The molecular formula is C6H16ClN5. The van der Waals surface area contributed by atoms with Crippen LogP contribution in [-0.4, -0.2) is 25.0 Å². The third kappa shape index (κ3) is 7.14. The molecule has 12 heavy (non-hydrogen) atoms. The van der Waals surface area contributed by atoms with E-state index in [2.05, 4.69) is 15.6 Å². The maximum absolute atomic E-state index is 6.93. The van der Waals surface area contributed by atoms with Gasteiger partial charge in [0.15, 0.2) is 11.9 Å². The predicted octanol–water partition coefficient (Wildman–Crippen LogP) is -0.123. The van der Waals surface area contributed by atoms with Gasteiger partial charge in [-0.1, -0.05) is 0 Å². The van der Waals surface area contributed by atoms with Gasteiger partial charge in [0, 0.05) is 13.1 Å². The lowest BCUT2D eigenvalue weighted by Crippen LogP contribution is -2.44. The molecule has 0 fully saturated rings. The van der Waals surface area contributed by atoms with Crippen molar-refractivity contribution in [2.75, 3.05) is 13.1 Å². The molecule has 0 aromatic rings. The van der Waals surface area contributed by atoms with Gasteiger partial charge in [-0.3, -0.25) is 15.7 Å². The van der Waals surface area contributed by atoms with Crippen LogP contribution >= 0.6 is 12.4 Å². The van der Waals surface area contributed by atoms with Crippen LogP contribution in [0.15, 0.2) is 4.99 Å². The number of nitrogens with one attached hydrogen (secondary N) is 3. The standard InChI is InChI=1S/C6H15N5.ClH/c1-3-9-6(10-4-2)11-5(7)8;/h3-4H2,1-2H3,(H5,7,8,9,10,11);1H. The SMILES string of the molecule is CCN=C(NCC)NC(=N)N.Cl. The molecule has 5 nitrogen and oxygen atoms in total. The lowest BCUT2D eigenvalue weighted by atomic mass is 10.7. The van der Waals surface area contributed by atoms with Gasteiger partial charge in [-0.25, -0.2) is 0 Å². The number of rotatable bonds is 2. The van der Waals surface area contributed by atoms with Crippen molar-refractivity contribution in [3.8, 4) is 0 Å². The fourth-order valence-corrected chi connectivity index (χ4v) is 0.593. The first-order valence-corrected chi connectivity index (χ1v) is 3.60. The van der Waals surface area contributed by atoms with E-state index in [1.54, 1.807) is 0 Å². The van der Waals surface area contributed by atoms with Crippen molar-refractivity contribution in [1.29, 1.82) is 5.41 Å². The van der Waals surface area contributed by atoms with Crippen molar-refractivity contribution < 1.29 is 0 Å². The van der Waals surface area contributed by atoms with E-state index < -0.39 is 0 Å². The summed E-state index contributed by atoms with van der Waals surface area (Å²) in [5, 5.41) is 12.4. The quantitative estimate of drug-likeness (QED) is 0.364. The summed E-state index contributed by atoms with van der Waals surface area (Å²) in [6.07, 6.45) is 0. The maximum Gasteiger partial charge on any atom is 0.198 e. The van der Waals surface area contributed by atoms with Crippen LogP contribution in [0.2, 0.25) is 0 Å². The van der Waals surface area contributed by atoms with Crippen molar-refractivity contribution in [2.24, 2.45) is 10.7 Å². The molecule has 0 atom stereocenters. The average molecular weight is 194 g/mol. The maximum atomic E-state index is 6.93. The van der Waals surface area contributed by atoms with Gasteiger partial charge in [-0.05, 0) is 13.8 Å². The number of nitrogens with two attached hydrogens (primary N) is 1. The van der Waals surface area contributed by atoms with Crippen LogP contribution in [0.25, 0.3) is 0 Å². The van der Waals surface area contributed by atoms with E-state index >= 15 is 0 Å². The molecule has 0 spiro atoms. The highest BCUT2D eigenvalue weighted by Gasteiger charge is 1.94. The summed E-state index contributed by atoms with van der Waals surface area (Å²) in [5.74, 6) is 0.459. The summed E-state index contributed by atoms with van der Waals surface area (Å²) >= 11 is 0. The monoisotopic (exact) mass is 193 g/mol. The van der Waals surface area contributed by atoms with Crippen molar-refractivity contribution >= 4 is 24.3 Å².